The molecule has 0 bridgehead atoms. The molecule has 1 saturated heterocycles. The summed E-state index contributed by atoms with van der Waals surface area (Å²) < 4.78 is 1.49. The summed E-state index contributed by atoms with van der Waals surface area (Å²) in [4.78, 5) is 42.3. The fraction of sp³-hybridized carbons (Fsp3) is 0.286. The number of rotatable bonds is 5. The third-order valence-corrected chi connectivity index (χ3v) is 5.11. The van der Waals surface area contributed by atoms with Gasteiger partial charge in [0.15, 0.2) is 5.16 Å². The molecule has 0 saturated carbocycles. The number of carbonyl (C=O) groups is 2. The Morgan fingerprint density at radius 1 is 1.52 bits per heavy atom. The van der Waals surface area contributed by atoms with Gasteiger partial charge in [0.1, 0.15) is 4.83 Å². The van der Waals surface area contributed by atoms with E-state index < -0.39 is 0 Å². The molecule has 2 aromatic rings. The maximum absolute atomic E-state index is 12.5. The van der Waals surface area contributed by atoms with Gasteiger partial charge in [-0.1, -0.05) is 17.8 Å². The zero-order chi connectivity index (χ0) is 16.4. The van der Waals surface area contributed by atoms with Crippen molar-refractivity contribution in [2.45, 2.75) is 11.7 Å². The fourth-order valence-corrected chi connectivity index (χ4v) is 3.93. The fourth-order valence-electron chi connectivity index (χ4n) is 2.24. The molecule has 0 aromatic carbocycles. The third-order valence-electron chi connectivity index (χ3n) is 3.34. The molecule has 23 heavy (non-hydrogen) atoms. The summed E-state index contributed by atoms with van der Waals surface area (Å²) in [5, 5.41) is 5.41. The monoisotopic (exact) mass is 350 g/mol. The van der Waals surface area contributed by atoms with Crippen LogP contribution in [0.1, 0.15) is 0 Å². The van der Waals surface area contributed by atoms with Crippen LogP contribution in [0.5, 0.6) is 0 Å². The molecule has 1 aliphatic heterocycles. The largest absolute Gasteiger partial charge is 0.336 e. The molecule has 9 heteroatoms. The van der Waals surface area contributed by atoms with Gasteiger partial charge in [0.25, 0.3) is 5.56 Å². The molecule has 1 N–H and O–H groups in total. The van der Waals surface area contributed by atoms with Crippen LogP contribution in [0.3, 0.4) is 0 Å². The molecule has 3 amide bonds. The van der Waals surface area contributed by atoms with Crippen molar-refractivity contribution in [3.8, 4) is 0 Å². The summed E-state index contributed by atoms with van der Waals surface area (Å²) in [7, 11) is 0. The van der Waals surface area contributed by atoms with E-state index in [0.29, 0.717) is 35.0 Å². The van der Waals surface area contributed by atoms with Crippen molar-refractivity contribution in [3.63, 3.8) is 0 Å². The molecule has 0 aliphatic carbocycles. The number of nitrogens with one attached hydrogen (secondary N) is 1. The van der Waals surface area contributed by atoms with Crippen LogP contribution in [0.15, 0.2) is 34.1 Å². The predicted molar refractivity (Wildman–Crippen MR) is 89.9 cm³/mol. The van der Waals surface area contributed by atoms with E-state index in [4.69, 9.17) is 0 Å². The van der Waals surface area contributed by atoms with E-state index in [-0.39, 0.29) is 23.3 Å². The first-order valence-corrected chi connectivity index (χ1v) is 8.78. The first-order chi connectivity index (χ1) is 11.1. The summed E-state index contributed by atoms with van der Waals surface area (Å²) in [5.41, 5.74) is -0.148. The van der Waals surface area contributed by atoms with Crippen LogP contribution in [-0.4, -0.2) is 45.2 Å². The van der Waals surface area contributed by atoms with E-state index in [1.807, 2.05) is 5.38 Å². The maximum Gasteiger partial charge on any atom is 0.324 e. The van der Waals surface area contributed by atoms with Crippen molar-refractivity contribution in [2.24, 2.45) is 0 Å². The van der Waals surface area contributed by atoms with E-state index in [2.05, 4.69) is 16.9 Å². The molecule has 3 rings (SSSR count). The number of carbonyl (C=O) groups excluding carboxylic acids is 2. The van der Waals surface area contributed by atoms with Gasteiger partial charge in [-0.2, -0.15) is 0 Å². The van der Waals surface area contributed by atoms with Gasteiger partial charge in [-0.05, 0) is 11.4 Å². The smallest absolute Gasteiger partial charge is 0.324 e. The number of allylic oxidation sites excluding steroid dienone is 1. The Morgan fingerprint density at radius 2 is 2.35 bits per heavy atom. The van der Waals surface area contributed by atoms with E-state index in [0.717, 1.165) is 11.8 Å². The molecular formula is C14H14N4O3S2. The lowest BCUT2D eigenvalue weighted by Crippen LogP contribution is -2.35. The van der Waals surface area contributed by atoms with Gasteiger partial charge in [-0.3, -0.25) is 19.1 Å². The predicted octanol–water partition coefficient (Wildman–Crippen LogP) is 1.29. The van der Waals surface area contributed by atoms with Crippen LogP contribution in [-0.2, 0) is 11.3 Å². The lowest BCUT2D eigenvalue weighted by atomic mass is 10.4. The molecule has 7 nitrogen and oxygen atoms in total. The van der Waals surface area contributed by atoms with Crippen LogP contribution >= 0.6 is 23.1 Å². The average Bonchev–Trinajstić information content (AvgIpc) is 3.17. The molecule has 2 aromatic heterocycles. The van der Waals surface area contributed by atoms with Gasteiger partial charge in [0.2, 0.25) is 5.91 Å². The summed E-state index contributed by atoms with van der Waals surface area (Å²) in [6, 6.07) is 1.36. The summed E-state index contributed by atoms with van der Waals surface area (Å²) in [5.74, 6) is -0.246. The molecule has 0 unspecified atom stereocenters. The molecule has 3 heterocycles. The Labute approximate surface area is 140 Å². The van der Waals surface area contributed by atoms with Gasteiger partial charge in [-0.25, -0.2) is 9.78 Å². The van der Waals surface area contributed by atoms with Gasteiger partial charge >= 0.3 is 6.03 Å². The molecule has 1 aliphatic rings. The molecule has 120 valence electrons. The Kier molecular flexibility index (Phi) is 4.49. The Bertz CT molecular complexity index is 842. The van der Waals surface area contributed by atoms with Crippen molar-refractivity contribution < 1.29 is 9.59 Å². The number of thiophene rings is 1. The van der Waals surface area contributed by atoms with Crippen molar-refractivity contribution in [3.05, 3.63) is 34.5 Å². The highest BCUT2D eigenvalue weighted by Gasteiger charge is 2.26. The topological polar surface area (TPSA) is 84.3 Å². The lowest BCUT2D eigenvalue weighted by Gasteiger charge is -2.13. The SMILES string of the molecule is C=CCn1c(SCC(=O)N2CCNC2=O)nc2sccc2c1=O. The average molecular weight is 350 g/mol. The number of hydrogen-bond donors (Lipinski definition) is 1. The van der Waals surface area contributed by atoms with E-state index in [1.54, 1.807) is 12.1 Å². The van der Waals surface area contributed by atoms with Crippen LogP contribution in [0.2, 0.25) is 0 Å². The highest BCUT2D eigenvalue weighted by atomic mass is 32.2. The Morgan fingerprint density at radius 3 is 3.04 bits per heavy atom. The maximum atomic E-state index is 12.5. The minimum Gasteiger partial charge on any atom is -0.336 e. The lowest BCUT2D eigenvalue weighted by molar-refractivity contribution is -0.124. The Balaban J connectivity index is 1.85. The zero-order valence-corrected chi connectivity index (χ0v) is 13.8. The first kappa shape index (κ1) is 15.8. The van der Waals surface area contributed by atoms with Crippen molar-refractivity contribution in [2.75, 3.05) is 18.8 Å². The second-order valence-corrected chi connectivity index (χ2v) is 6.64. The summed E-state index contributed by atoms with van der Waals surface area (Å²) >= 11 is 2.54. The minimum atomic E-state index is -0.374. The molecule has 0 spiro atoms. The summed E-state index contributed by atoms with van der Waals surface area (Å²) in [6.45, 7) is 4.81. The molecule has 1 fully saturated rings. The standard InChI is InChI=1S/C14H14N4O3S2/c1-2-5-18-12(20)9-3-7-22-11(9)16-14(18)23-8-10(19)17-6-4-15-13(17)21/h2-3,7H,1,4-6,8H2,(H,15,21). The second kappa shape index (κ2) is 6.55. The second-order valence-electron chi connectivity index (χ2n) is 4.80. The molecule has 0 atom stereocenters. The van der Waals surface area contributed by atoms with Crippen LogP contribution in [0, 0.1) is 0 Å². The van der Waals surface area contributed by atoms with Crippen molar-refractivity contribution >= 4 is 45.3 Å². The number of imide groups is 1. The highest BCUT2D eigenvalue weighted by molar-refractivity contribution is 7.99. The number of nitrogens with zero attached hydrogens (tertiary/aromatic N) is 3. The quantitative estimate of drug-likeness (QED) is 0.499. The summed E-state index contributed by atoms with van der Waals surface area (Å²) in [6.07, 6.45) is 1.61. The minimum absolute atomic E-state index is 0.0495. The number of thioether (sulfide) groups is 1. The first-order valence-electron chi connectivity index (χ1n) is 6.91. The van der Waals surface area contributed by atoms with Crippen molar-refractivity contribution in [1.29, 1.82) is 0 Å². The Hall–Kier alpha value is -2.13. The van der Waals surface area contributed by atoms with Crippen LogP contribution in [0.25, 0.3) is 10.2 Å². The molecule has 0 radical (unpaired) electrons. The van der Waals surface area contributed by atoms with Gasteiger partial charge in [-0.15, -0.1) is 17.9 Å². The van der Waals surface area contributed by atoms with Gasteiger partial charge in [0, 0.05) is 19.6 Å². The number of aromatic nitrogens is 2. The van der Waals surface area contributed by atoms with Gasteiger partial charge in [0.05, 0.1) is 11.1 Å². The number of hydrogen-bond acceptors (Lipinski definition) is 6. The van der Waals surface area contributed by atoms with Crippen LogP contribution in [0.4, 0.5) is 4.79 Å². The van der Waals surface area contributed by atoms with Gasteiger partial charge < -0.3 is 5.32 Å². The normalized spacial score (nSPS) is 14.3. The van der Waals surface area contributed by atoms with Crippen LogP contribution < -0.4 is 10.9 Å². The van der Waals surface area contributed by atoms with E-state index in [1.165, 1.54) is 20.8 Å². The third kappa shape index (κ3) is 3.02. The highest BCUT2D eigenvalue weighted by Crippen LogP contribution is 2.21. The van der Waals surface area contributed by atoms with Crippen molar-refractivity contribution in [1.82, 2.24) is 19.8 Å². The van der Waals surface area contributed by atoms with E-state index >= 15 is 0 Å². The number of fused-ring (bicyclic) bond motifs is 1. The molecular weight excluding hydrogens is 336 g/mol. The van der Waals surface area contributed by atoms with E-state index in [9.17, 15) is 14.4 Å². The zero-order valence-electron chi connectivity index (χ0n) is 12.2. The number of urea groups is 1. The number of amides is 3.